The molecule has 6 nitrogen and oxygen atoms in total. The first-order chi connectivity index (χ1) is 4.63. The lowest BCUT2D eigenvalue weighted by Gasteiger charge is -2.02. The van der Waals surface area contributed by atoms with Crippen LogP contribution in [0.25, 0.3) is 0 Å². The van der Waals surface area contributed by atoms with Crippen LogP contribution in [0.3, 0.4) is 0 Å². The summed E-state index contributed by atoms with van der Waals surface area (Å²) in [6, 6.07) is -2.66. The summed E-state index contributed by atoms with van der Waals surface area (Å²) in [4.78, 5) is 29.5. The molecule has 0 saturated carbocycles. The minimum absolute atomic E-state index is 1.10. The zero-order valence-electron chi connectivity index (χ0n) is 5.22. The molecule has 0 saturated heterocycles. The molecule has 1 N–H and O–H groups in total. The van der Waals surface area contributed by atoms with Gasteiger partial charge in [-0.3, -0.25) is 0 Å². The Morgan fingerprint density at radius 3 is 2.00 bits per heavy atom. The van der Waals surface area contributed by atoms with Crippen molar-refractivity contribution >= 4 is 5.97 Å². The van der Waals surface area contributed by atoms with Gasteiger partial charge in [-0.15, -0.1) is 4.91 Å². The second-order valence-corrected chi connectivity index (χ2v) is 1.73. The van der Waals surface area contributed by atoms with Crippen molar-refractivity contribution in [2.24, 2.45) is 10.4 Å². The van der Waals surface area contributed by atoms with Crippen LogP contribution in [0.5, 0.6) is 0 Å². The molecule has 0 aliphatic rings. The van der Waals surface area contributed by atoms with E-state index >= 15 is 0 Å². The van der Waals surface area contributed by atoms with Crippen LogP contribution in [0.4, 0.5) is 0 Å². The smallest absolute Gasteiger partial charge is 0.334 e. The summed E-state index contributed by atoms with van der Waals surface area (Å²) in [5, 5.41) is 12.8. The van der Waals surface area contributed by atoms with E-state index in [0.29, 0.717) is 0 Å². The van der Waals surface area contributed by atoms with E-state index in [2.05, 4.69) is 10.4 Å². The van der Waals surface area contributed by atoms with Gasteiger partial charge in [-0.1, -0.05) is 10.4 Å². The third kappa shape index (κ3) is 1.88. The predicted octanol–water partition coefficient (Wildman–Crippen LogP) is 0.361. The first kappa shape index (κ1) is 8.67. The minimum atomic E-state index is -1.56. The summed E-state index contributed by atoms with van der Waals surface area (Å²) in [5.74, 6) is -1.43. The Morgan fingerprint density at radius 1 is 1.40 bits per heavy atom. The molecular formula is C4H6N2O4. The molecular weight excluding hydrogens is 140 g/mol. The van der Waals surface area contributed by atoms with E-state index < -0.39 is 18.1 Å². The summed E-state index contributed by atoms with van der Waals surface area (Å²) in [7, 11) is 0. The van der Waals surface area contributed by atoms with E-state index in [9.17, 15) is 14.6 Å². The van der Waals surface area contributed by atoms with Gasteiger partial charge in [0, 0.05) is 0 Å². The van der Waals surface area contributed by atoms with Crippen molar-refractivity contribution in [2.45, 2.75) is 19.0 Å². The number of nitrogens with zero attached hydrogens (tertiary/aromatic N) is 2. The van der Waals surface area contributed by atoms with Crippen molar-refractivity contribution in [3.8, 4) is 0 Å². The second-order valence-electron chi connectivity index (χ2n) is 1.73. The lowest BCUT2D eigenvalue weighted by Crippen LogP contribution is -2.27. The first-order valence-corrected chi connectivity index (χ1v) is 2.51. The lowest BCUT2D eigenvalue weighted by atomic mass is 10.2. The maximum atomic E-state index is 10.0. The average molecular weight is 146 g/mol. The molecule has 0 aromatic heterocycles. The molecule has 0 heterocycles. The molecule has 0 radical (unpaired) electrons. The number of carboxylic acids is 1. The largest absolute Gasteiger partial charge is 0.479 e. The maximum absolute atomic E-state index is 10.0. The standard InChI is InChI=1S/C4H6N2O4/c1-2(5-9)3(6-10)4(7)8/h2-3H,1H3,(H,7,8). The van der Waals surface area contributed by atoms with Gasteiger partial charge in [0.2, 0.25) is 6.04 Å². The lowest BCUT2D eigenvalue weighted by molar-refractivity contribution is -0.138. The van der Waals surface area contributed by atoms with Crippen molar-refractivity contribution in [3.63, 3.8) is 0 Å². The summed E-state index contributed by atoms with van der Waals surface area (Å²) in [6.07, 6.45) is 0. The predicted molar refractivity (Wildman–Crippen MR) is 32.5 cm³/mol. The third-order valence-electron chi connectivity index (χ3n) is 0.990. The quantitative estimate of drug-likeness (QED) is 0.579. The van der Waals surface area contributed by atoms with Crippen LogP contribution < -0.4 is 0 Å². The van der Waals surface area contributed by atoms with Crippen molar-refractivity contribution in [1.29, 1.82) is 0 Å². The van der Waals surface area contributed by atoms with Crippen LogP contribution in [-0.4, -0.2) is 23.2 Å². The third-order valence-corrected chi connectivity index (χ3v) is 0.990. The Bertz CT molecular complexity index is 157. The van der Waals surface area contributed by atoms with Gasteiger partial charge in [-0.25, -0.2) is 4.79 Å². The van der Waals surface area contributed by atoms with E-state index in [0.717, 1.165) is 0 Å². The average Bonchev–Trinajstić information content (AvgIpc) is 1.88. The molecule has 0 rings (SSSR count). The van der Waals surface area contributed by atoms with Crippen molar-refractivity contribution in [3.05, 3.63) is 9.81 Å². The molecule has 2 unspecified atom stereocenters. The van der Waals surface area contributed by atoms with Crippen LogP contribution >= 0.6 is 0 Å². The molecule has 0 aromatic carbocycles. The fourth-order valence-electron chi connectivity index (χ4n) is 0.397. The van der Waals surface area contributed by atoms with Crippen molar-refractivity contribution in [1.82, 2.24) is 0 Å². The van der Waals surface area contributed by atoms with E-state index in [1.807, 2.05) is 0 Å². The van der Waals surface area contributed by atoms with Crippen molar-refractivity contribution in [2.75, 3.05) is 0 Å². The van der Waals surface area contributed by atoms with E-state index in [1.54, 1.807) is 0 Å². The molecule has 6 heteroatoms. The Kier molecular flexibility index (Phi) is 3.16. The summed E-state index contributed by atoms with van der Waals surface area (Å²) in [6.45, 7) is 1.22. The monoisotopic (exact) mass is 146 g/mol. The molecule has 56 valence electrons. The topological polar surface area (TPSA) is 96.2 Å². The van der Waals surface area contributed by atoms with Crippen LogP contribution in [0, 0.1) is 9.81 Å². The van der Waals surface area contributed by atoms with E-state index in [1.165, 1.54) is 6.92 Å². The molecule has 0 bridgehead atoms. The molecule has 0 fully saturated rings. The van der Waals surface area contributed by atoms with Crippen LogP contribution in [-0.2, 0) is 4.79 Å². The highest BCUT2D eigenvalue weighted by Gasteiger charge is 2.26. The van der Waals surface area contributed by atoms with Crippen molar-refractivity contribution < 1.29 is 9.90 Å². The normalized spacial score (nSPS) is 15.3. The van der Waals surface area contributed by atoms with Gasteiger partial charge in [0.05, 0.1) is 0 Å². The number of hydrogen-bond acceptors (Lipinski definition) is 5. The van der Waals surface area contributed by atoms with Crippen LogP contribution in [0.1, 0.15) is 6.92 Å². The zero-order chi connectivity index (χ0) is 8.15. The SMILES string of the molecule is CC(N=O)C(N=O)C(=O)O. The molecule has 0 spiro atoms. The molecule has 0 aromatic rings. The first-order valence-electron chi connectivity index (χ1n) is 2.51. The van der Waals surface area contributed by atoms with E-state index in [4.69, 9.17) is 5.11 Å². The van der Waals surface area contributed by atoms with Crippen LogP contribution in [0.15, 0.2) is 10.4 Å². The van der Waals surface area contributed by atoms with Gasteiger partial charge in [-0.2, -0.15) is 4.91 Å². The summed E-state index contributed by atoms with van der Waals surface area (Å²) >= 11 is 0. The molecule has 2 atom stereocenters. The number of carboxylic acid groups (broad SMARTS) is 1. The van der Waals surface area contributed by atoms with Gasteiger partial charge in [0.1, 0.15) is 6.04 Å². The Labute approximate surface area is 56.2 Å². The second kappa shape index (κ2) is 3.65. The zero-order valence-corrected chi connectivity index (χ0v) is 5.22. The number of carbonyl (C=O) groups is 1. The molecule has 10 heavy (non-hydrogen) atoms. The fourth-order valence-corrected chi connectivity index (χ4v) is 0.397. The Hall–Kier alpha value is -1.33. The number of hydrogen-bond donors (Lipinski definition) is 1. The summed E-state index contributed by atoms with van der Waals surface area (Å²) in [5.41, 5.74) is 0. The Balaban J connectivity index is 4.19. The number of aliphatic carboxylic acids is 1. The van der Waals surface area contributed by atoms with Crippen LogP contribution in [0.2, 0.25) is 0 Å². The highest BCUT2D eigenvalue weighted by atomic mass is 16.4. The number of nitroso groups, excluding NO2 is 2. The summed E-state index contributed by atoms with van der Waals surface area (Å²) < 4.78 is 0. The van der Waals surface area contributed by atoms with Gasteiger partial charge in [0.15, 0.2) is 0 Å². The van der Waals surface area contributed by atoms with Gasteiger partial charge < -0.3 is 5.11 Å². The van der Waals surface area contributed by atoms with Gasteiger partial charge in [0.25, 0.3) is 0 Å². The molecule has 0 aliphatic carbocycles. The van der Waals surface area contributed by atoms with E-state index in [-0.39, 0.29) is 0 Å². The Morgan fingerprint density at radius 2 is 1.90 bits per heavy atom. The molecule has 0 aliphatic heterocycles. The fraction of sp³-hybridized carbons (Fsp3) is 0.750. The highest BCUT2D eigenvalue weighted by Crippen LogP contribution is 2.01. The van der Waals surface area contributed by atoms with Gasteiger partial charge >= 0.3 is 5.97 Å². The highest BCUT2D eigenvalue weighted by molar-refractivity contribution is 5.74. The van der Waals surface area contributed by atoms with Gasteiger partial charge in [-0.05, 0) is 6.92 Å². The minimum Gasteiger partial charge on any atom is -0.479 e. The number of rotatable bonds is 4. The molecule has 0 amide bonds. The maximum Gasteiger partial charge on any atom is 0.334 e.